The van der Waals surface area contributed by atoms with Crippen molar-refractivity contribution < 1.29 is 9.53 Å². The number of nitrogens with one attached hydrogen (secondary N) is 1. The summed E-state index contributed by atoms with van der Waals surface area (Å²) in [6.45, 7) is 9.23. The van der Waals surface area contributed by atoms with Gasteiger partial charge in [0.1, 0.15) is 11.4 Å². The largest absolute Gasteiger partial charge is 0.493 e. The lowest BCUT2D eigenvalue weighted by atomic mass is 9.91. The van der Waals surface area contributed by atoms with Crippen LogP contribution < -0.4 is 10.1 Å². The second kappa shape index (κ2) is 9.34. The van der Waals surface area contributed by atoms with Crippen LogP contribution in [0.2, 0.25) is 0 Å². The number of rotatable bonds is 9. The molecule has 1 N–H and O–H groups in total. The summed E-state index contributed by atoms with van der Waals surface area (Å²) in [6, 6.07) is 16.0. The number of amides is 1. The SMILES string of the molecule is CCCCCCOc1ccccc1C1(C)Nc2ccccc2C(=O)N1C(C)CC. The molecule has 4 nitrogen and oxygen atoms in total. The Hall–Kier alpha value is -2.49. The summed E-state index contributed by atoms with van der Waals surface area (Å²) in [7, 11) is 0. The normalized spacial score (nSPS) is 19.4. The summed E-state index contributed by atoms with van der Waals surface area (Å²) < 4.78 is 6.21. The van der Waals surface area contributed by atoms with E-state index in [9.17, 15) is 4.79 Å². The molecule has 2 aromatic carbocycles. The van der Waals surface area contributed by atoms with Gasteiger partial charge in [-0.2, -0.15) is 0 Å². The molecule has 29 heavy (non-hydrogen) atoms. The van der Waals surface area contributed by atoms with Crippen LogP contribution in [0.25, 0.3) is 0 Å². The Kier molecular flexibility index (Phi) is 6.83. The highest BCUT2D eigenvalue weighted by Gasteiger charge is 2.45. The molecule has 4 heteroatoms. The van der Waals surface area contributed by atoms with Gasteiger partial charge >= 0.3 is 0 Å². The second-order valence-electron chi connectivity index (χ2n) is 8.08. The van der Waals surface area contributed by atoms with E-state index in [-0.39, 0.29) is 11.9 Å². The lowest BCUT2D eigenvalue weighted by Crippen LogP contribution is -2.59. The number of carbonyl (C=O) groups is 1. The first-order valence-corrected chi connectivity index (χ1v) is 11.0. The van der Waals surface area contributed by atoms with Gasteiger partial charge in [-0.3, -0.25) is 4.79 Å². The summed E-state index contributed by atoms with van der Waals surface area (Å²) in [5.41, 5.74) is 1.92. The van der Waals surface area contributed by atoms with Gasteiger partial charge in [0, 0.05) is 17.3 Å². The van der Waals surface area contributed by atoms with E-state index in [4.69, 9.17) is 4.74 Å². The van der Waals surface area contributed by atoms with Gasteiger partial charge in [-0.15, -0.1) is 0 Å². The van der Waals surface area contributed by atoms with Gasteiger partial charge < -0.3 is 15.0 Å². The Morgan fingerprint density at radius 2 is 1.76 bits per heavy atom. The molecule has 0 saturated heterocycles. The van der Waals surface area contributed by atoms with Gasteiger partial charge in [0.15, 0.2) is 0 Å². The fourth-order valence-electron chi connectivity index (χ4n) is 4.16. The summed E-state index contributed by atoms with van der Waals surface area (Å²) in [4.78, 5) is 15.5. The number of fused-ring (bicyclic) bond motifs is 1. The minimum Gasteiger partial charge on any atom is -0.493 e. The van der Waals surface area contributed by atoms with E-state index in [1.807, 2.05) is 47.4 Å². The molecule has 1 heterocycles. The quantitative estimate of drug-likeness (QED) is 0.516. The van der Waals surface area contributed by atoms with Crippen molar-refractivity contribution in [1.82, 2.24) is 4.90 Å². The number of unbranched alkanes of at least 4 members (excludes halogenated alkanes) is 3. The van der Waals surface area contributed by atoms with E-state index in [2.05, 4.69) is 39.1 Å². The van der Waals surface area contributed by atoms with Gasteiger partial charge in [-0.1, -0.05) is 63.4 Å². The monoisotopic (exact) mass is 394 g/mol. The van der Waals surface area contributed by atoms with Crippen LogP contribution in [0, 0.1) is 0 Å². The van der Waals surface area contributed by atoms with Crippen LogP contribution >= 0.6 is 0 Å². The zero-order chi connectivity index (χ0) is 20.9. The van der Waals surface area contributed by atoms with Crippen molar-refractivity contribution in [3.05, 3.63) is 59.7 Å². The third-order valence-electron chi connectivity index (χ3n) is 5.93. The molecule has 1 aliphatic heterocycles. The van der Waals surface area contributed by atoms with Crippen molar-refractivity contribution in [2.75, 3.05) is 11.9 Å². The second-order valence-corrected chi connectivity index (χ2v) is 8.08. The first-order valence-electron chi connectivity index (χ1n) is 11.0. The van der Waals surface area contributed by atoms with Crippen molar-refractivity contribution in [2.24, 2.45) is 0 Å². The number of ether oxygens (including phenoxy) is 1. The molecular formula is C25H34N2O2. The van der Waals surface area contributed by atoms with E-state index < -0.39 is 5.66 Å². The topological polar surface area (TPSA) is 41.6 Å². The van der Waals surface area contributed by atoms with Gasteiger partial charge in [0.25, 0.3) is 5.91 Å². The first kappa shape index (κ1) is 21.2. The van der Waals surface area contributed by atoms with E-state index in [1.165, 1.54) is 19.3 Å². The molecule has 2 unspecified atom stereocenters. The number of hydrogen-bond donors (Lipinski definition) is 1. The fourth-order valence-corrected chi connectivity index (χ4v) is 4.16. The molecule has 0 saturated carbocycles. The molecule has 2 atom stereocenters. The smallest absolute Gasteiger partial charge is 0.258 e. The molecule has 0 aliphatic carbocycles. The summed E-state index contributed by atoms with van der Waals surface area (Å²) in [5.74, 6) is 0.911. The van der Waals surface area contributed by atoms with Gasteiger partial charge in [0.05, 0.1) is 12.2 Å². The van der Waals surface area contributed by atoms with Crippen LogP contribution in [-0.2, 0) is 5.66 Å². The van der Waals surface area contributed by atoms with Crippen LogP contribution in [0.1, 0.15) is 75.7 Å². The molecule has 156 valence electrons. The molecule has 3 rings (SSSR count). The zero-order valence-electron chi connectivity index (χ0n) is 18.2. The van der Waals surface area contributed by atoms with E-state index >= 15 is 0 Å². The molecule has 0 bridgehead atoms. The minimum atomic E-state index is -0.680. The number of anilines is 1. The molecule has 0 spiro atoms. The van der Waals surface area contributed by atoms with Crippen LogP contribution in [0.3, 0.4) is 0 Å². The summed E-state index contributed by atoms with van der Waals surface area (Å²) in [5, 5.41) is 3.66. The molecule has 0 radical (unpaired) electrons. The maximum absolute atomic E-state index is 13.5. The predicted octanol–water partition coefficient (Wildman–Crippen LogP) is 6.18. The van der Waals surface area contributed by atoms with Gasteiger partial charge in [-0.25, -0.2) is 0 Å². The minimum absolute atomic E-state index is 0.0638. The average Bonchev–Trinajstić information content (AvgIpc) is 2.73. The Labute approximate surface area is 175 Å². The molecule has 2 aromatic rings. The van der Waals surface area contributed by atoms with E-state index in [0.29, 0.717) is 6.61 Å². The van der Waals surface area contributed by atoms with Crippen LogP contribution in [0.15, 0.2) is 48.5 Å². The highest BCUT2D eigenvalue weighted by atomic mass is 16.5. The maximum Gasteiger partial charge on any atom is 0.258 e. The third kappa shape index (κ3) is 4.26. The molecule has 0 fully saturated rings. The van der Waals surface area contributed by atoms with Gasteiger partial charge in [-0.05, 0) is 44.9 Å². The van der Waals surface area contributed by atoms with E-state index in [1.54, 1.807) is 0 Å². The van der Waals surface area contributed by atoms with Crippen LogP contribution in [-0.4, -0.2) is 23.5 Å². The maximum atomic E-state index is 13.5. The number of nitrogens with zero attached hydrogens (tertiary/aromatic N) is 1. The number of hydrogen-bond acceptors (Lipinski definition) is 3. The fraction of sp³-hybridized carbons (Fsp3) is 0.480. The highest BCUT2D eigenvalue weighted by Crippen LogP contribution is 2.42. The lowest BCUT2D eigenvalue weighted by Gasteiger charge is -2.49. The number of benzene rings is 2. The van der Waals surface area contributed by atoms with Crippen LogP contribution in [0.4, 0.5) is 5.69 Å². The van der Waals surface area contributed by atoms with Crippen molar-refractivity contribution in [3.63, 3.8) is 0 Å². The Bertz CT molecular complexity index is 835. The summed E-state index contributed by atoms with van der Waals surface area (Å²) >= 11 is 0. The standard InChI is InChI=1S/C25H34N2O2/c1-5-7-8-13-18-29-23-17-12-10-15-21(23)25(4)26-22-16-11-9-14-20(22)24(28)27(25)19(3)6-2/h9-12,14-17,19,26H,5-8,13,18H2,1-4H3. The van der Waals surface area contributed by atoms with Crippen molar-refractivity contribution in [1.29, 1.82) is 0 Å². The Balaban J connectivity index is 1.98. The molecular weight excluding hydrogens is 360 g/mol. The number of para-hydroxylation sites is 2. The lowest BCUT2D eigenvalue weighted by molar-refractivity contribution is 0.0392. The highest BCUT2D eigenvalue weighted by molar-refractivity contribution is 6.02. The first-order chi connectivity index (χ1) is 14.0. The average molecular weight is 395 g/mol. The Morgan fingerprint density at radius 1 is 1.03 bits per heavy atom. The van der Waals surface area contributed by atoms with Gasteiger partial charge in [0.2, 0.25) is 0 Å². The Morgan fingerprint density at radius 3 is 2.52 bits per heavy atom. The molecule has 0 aromatic heterocycles. The zero-order valence-corrected chi connectivity index (χ0v) is 18.2. The van der Waals surface area contributed by atoms with Crippen molar-refractivity contribution in [2.45, 2.75) is 71.5 Å². The third-order valence-corrected chi connectivity index (χ3v) is 5.93. The molecule has 1 amide bonds. The van der Waals surface area contributed by atoms with Crippen LogP contribution in [0.5, 0.6) is 5.75 Å². The summed E-state index contributed by atoms with van der Waals surface area (Å²) in [6.07, 6.45) is 5.55. The van der Waals surface area contributed by atoms with Crippen molar-refractivity contribution in [3.8, 4) is 5.75 Å². The number of carbonyl (C=O) groups excluding carboxylic acids is 1. The molecule has 1 aliphatic rings. The van der Waals surface area contributed by atoms with Crippen molar-refractivity contribution >= 4 is 11.6 Å². The predicted molar refractivity (Wildman–Crippen MR) is 119 cm³/mol. The van der Waals surface area contributed by atoms with E-state index in [0.717, 1.165) is 35.4 Å².